The van der Waals surface area contributed by atoms with Gasteiger partial charge in [0.15, 0.2) is 9.84 Å². The number of halogens is 1. The predicted octanol–water partition coefficient (Wildman–Crippen LogP) is 3.53. The van der Waals surface area contributed by atoms with Crippen molar-refractivity contribution in [1.29, 1.82) is 0 Å². The minimum Gasteiger partial charge on any atom is -0.313 e. The van der Waals surface area contributed by atoms with Gasteiger partial charge in [0.25, 0.3) is 0 Å². The van der Waals surface area contributed by atoms with Crippen LogP contribution in [0.4, 0.5) is 0 Å². The largest absolute Gasteiger partial charge is 0.313 e. The molecule has 0 bridgehead atoms. The van der Waals surface area contributed by atoms with Crippen molar-refractivity contribution in [3.63, 3.8) is 0 Å². The number of hydrogen-bond donors (Lipinski definition) is 1. The Hall–Kier alpha value is -0.580. The average molecular weight is 318 g/mol. The molecule has 20 heavy (non-hydrogen) atoms. The van der Waals surface area contributed by atoms with E-state index in [0.717, 1.165) is 19.4 Å². The first-order chi connectivity index (χ1) is 9.40. The van der Waals surface area contributed by atoms with E-state index in [1.54, 1.807) is 18.2 Å². The van der Waals surface area contributed by atoms with Crippen LogP contribution in [0, 0.1) is 5.92 Å². The van der Waals surface area contributed by atoms with Crippen molar-refractivity contribution >= 4 is 21.4 Å². The maximum Gasteiger partial charge on any atom is 0.179 e. The average Bonchev–Trinajstić information content (AvgIpc) is 2.42. The molecule has 5 heteroatoms. The Morgan fingerprint density at radius 1 is 1.30 bits per heavy atom. The van der Waals surface area contributed by atoms with Gasteiger partial charge in [0, 0.05) is 11.1 Å². The maximum atomic E-state index is 12.5. The zero-order valence-electron chi connectivity index (χ0n) is 12.4. The van der Waals surface area contributed by atoms with Crippen molar-refractivity contribution in [1.82, 2.24) is 5.32 Å². The van der Waals surface area contributed by atoms with E-state index in [0.29, 0.717) is 15.8 Å². The Balaban J connectivity index is 2.90. The lowest BCUT2D eigenvalue weighted by molar-refractivity contribution is 0.391. The van der Waals surface area contributed by atoms with E-state index >= 15 is 0 Å². The summed E-state index contributed by atoms with van der Waals surface area (Å²) in [6.07, 6.45) is 1.94. The zero-order chi connectivity index (χ0) is 15.2. The molecule has 0 heterocycles. The lowest BCUT2D eigenvalue weighted by Crippen LogP contribution is -2.41. The van der Waals surface area contributed by atoms with Gasteiger partial charge in [-0.15, -0.1) is 0 Å². The van der Waals surface area contributed by atoms with Crippen molar-refractivity contribution in [2.45, 2.75) is 44.6 Å². The van der Waals surface area contributed by atoms with E-state index in [1.807, 2.05) is 0 Å². The molecule has 1 rings (SSSR count). The van der Waals surface area contributed by atoms with Crippen LogP contribution in [0.2, 0.25) is 5.02 Å². The van der Waals surface area contributed by atoms with Crippen LogP contribution in [0.3, 0.4) is 0 Å². The van der Waals surface area contributed by atoms with E-state index in [-0.39, 0.29) is 11.8 Å². The molecule has 2 atom stereocenters. The first-order valence-electron chi connectivity index (χ1n) is 7.12. The third-order valence-corrected chi connectivity index (χ3v) is 5.55. The lowest BCUT2D eigenvalue weighted by Gasteiger charge is -2.24. The molecular formula is C15H24ClNO2S. The Labute approximate surface area is 127 Å². The van der Waals surface area contributed by atoms with Gasteiger partial charge < -0.3 is 5.32 Å². The molecule has 0 aliphatic heterocycles. The highest BCUT2D eigenvalue weighted by Gasteiger charge is 2.24. The zero-order valence-corrected chi connectivity index (χ0v) is 14.0. The summed E-state index contributed by atoms with van der Waals surface area (Å²) in [6, 6.07) is 6.46. The Kier molecular flexibility index (Phi) is 7.00. The van der Waals surface area contributed by atoms with Crippen molar-refractivity contribution in [2.75, 3.05) is 12.3 Å². The molecule has 0 aliphatic carbocycles. The SMILES string of the molecule is CCCNC(CS(=O)(=O)c1cccc(Cl)c1)C(C)CC. The molecule has 0 spiro atoms. The second-order valence-electron chi connectivity index (χ2n) is 5.18. The standard InChI is InChI=1S/C15H24ClNO2S/c1-4-9-17-15(12(3)5-2)11-20(18,19)14-8-6-7-13(16)10-14/h6-8,10,12,15,17H,4-5,9,11H2,1-3H3. The highest BCUT2D eigenvalue weighted by molar-refractivity contribution is 7.91. The molecule has 1 aromatic carbocycles. The quantitative estimate of drug-likeness (QED) is 0.798. The summed E-state index contributed by atoms with van der Waals surface area (Å²) in [5, 5.41) is 3.80. The highest BCUT2D eigenvalue weighted by Crippen LogP contribution is 2.19. The fourth-order valence-corrected chi connectivity index (χ4v) is 3.99. The summed E-state index contributed by atoms with van der Waals surface area (Å²) in [4.78, 5) is 0.302. The topological polar surface area (TPSA) is 46.2 Å². The van der Waals surface area contributed by atoms with Gasteiger partial charge in [-0.3, -0.25) is 0 Å². The summed E-state index contributed by atoms with van der Waals surface area (Å²) < 4.78 is 25.0. The normalized spacial score (nSPS) is 15.0. The minimum atomic E-state index is -3.31. The summed E-state index contributed by atoms with van der Waals surface area (Å²) in [5.74, 6) is 0.429. The molecule has 0 amide bonds. The minimum absolute atomic E-state index is 0.0241. The van der Waals surface area contributed by atoms with E-state index < -0.39 is 9.84 Å². The number of hydrogen-bond acceptors (Lipinski definition) is 3. The molecule has 0 radical (unpaired) electrons. The van der Waals surface area contributed by atoms with Gasteiger partial charge in [0.2, 0.25) is 0 Å². The van der Waals surface area contributed by atoms with Crippen molar-refractivity contribution in [3.8, 4) is 0 Å². The van der Waals surface area contributed by atoms with Crippen LogP contribution in [0.15, 0.2) is 29.2 Å². The van der Waals surface area contributed by atoms with Gasteiger partial charge in [-0.05, 0) is 37.1 Å². The molecule has 1 aromatic rings. The van der Waals surface area contributed by atoms with Crippen molar-refractivity contribution < 1.29 is 8.42 Å². The van der Waals surface area contributed by atoms with Crippen LogP contribution in [0.1, 0.15) is 33.6 Å². The highest BCUT2D eigenvalue weighted by atomic mass is 35.5. The summed E-state index contributed by atoms with van der Waals surface area (Å²) in [5.41, 5.74) is 0. The molecule has 0 fully saturated rings. The number of nitrogens with one attached hydrogen (secondary N) is 1. The van der Waals surface area contributed by atoms with Crippen molar-refractivity contribution in [3.05, 3.63) is 29.3 Å². The number of rotatable bonds is 8. The molecule has 2 unspecified atom stereocenters. The van der Waals surface area contributed by atoms with Gasteiger partial charge in [0.05, 0.1) is 10.6 Å². The fraction of sp³-hybridized carbons (Fsp3) is 0.600. The van der Waals surface area contributed by atoms with Crippen LogP contribution in [-0.4, -0.2) is 26.8 Å². The van der Waals surface area contributed by atoms with E-state index in [2.05, 4.69) is 26.1 Å². The molecule has 0 saturated heterocycles. The first-order valence-corrected chi connectivity index (χ1v) is 9.15. The van der Waals surface area contributed by atoms with Gasteiger partial charge in [-0.1, -0.05) is 44.9 Å². The van der Waals surface area contributed by atoms with Crippen LogP contribution in [-0.2, 0) is 9.84 Å². The van der Waals surface area contributed by atoms with Crippen LogP contribution >= 0.6 is 11.6 Å². The Morgan fingerprint density at radius 2 is 2.00 bits per heavy atom. The van der Waals surface area contributed by atoms with Gasteiger partial charge >= 0.3 is 0 Å². The van der Waals surface area contributed by atoms with Gasteiger partial charge in [-0.2, -0.15) is 0 Å². The van der Waals surface area contributed by atoms with Crippen LogP contribution < -0.4 is 5.32 Å². The second-order valence-corrected chi connectivity index (χ2v) is 7.66. The second kappa shape index (κ2) is 8.01. The first kappa shape index (κ1) is 17.5. The van der Waals surface area contributed by atoms with Gasteiger partial charge in [0.1, 0.15) is 0 Å². The molecule has 114 valence electrons. The molecule has 0 saturated carbocycles. The summed E-state index contributed by atoms with van der Waals surface area (Å²) in [6.45, 7) is 7.07. The molecule has 0 aromatic heterocycles. The van der Waals surface area contributed by atoms with E-state index in [9.17, 15) is 8.42 Å². The third kappa shape index (κ3) is 5.08. The predicted molar refractivity (Wildman–Crippen MR) is 85.0 cm³/mol. The molecular weight excluding hydrogens is 294 g/mol. The number of sulfone groups is 1. The molecule has 3 nitrogen and oxygen atoms in total. The molecule has 1 N–H and O–H groups in total. The van der Waals surface area contributed by atoms with E-state index in [1.165, 1.54) is 6.07 Å². The summed E-state index contributed by atoms with van der Waals surface area (Å²) >= 11 is 5.88. The Morgan fingerprint density at radius 3 is 2.55 bits per heavy atom. The van der Waals surface area contributed by atoms with Crippen LogP contribution in [0.25, 0.3) is 0 Å². The van der Waals surface area contributed by atoms with Gasteiger partial charge in [-0.25, -0.2) is 8.42 Å². The lowest BCUT2D eigenvalue weighted by atomic mass is 10.0. The monoisotopic (exact) mass is 317 g/mol. The Bertz CT molecular complexity index is 516. The fourth-order valence-electron chi connectivity index (χ4n) is 2.03. The maximum absolute atomic E-state index is 12.5. The number of benzene rings is 1. The van der Waals surface area contributed by atoms with Crippen molar-refractivity contribution in [2.24, 2.45) is 5.92 Å². The van der Waals surface area contributed by atoms with E-state index in [4.69, 9.17) is 11.6 Å². The summed E-state index contributed by atoms with van der Waals surface area (Å²) in [7, 11) is -3.31. The third-order valence-electron chi connectivity index (χ3n) is 3.54. The smallest absolute Gasteiger partial charge is 0.179 e. The van der Waals surface area contributed by atoms with Crippen LogP contribution in [0.5, 0.6) is 0 Å². The molecule has 0 aliphatic rings.